The van der Waals surface area contributed by atoms with E-state index in [0.29, 0.717) is 0 Å². The fourth-order valence-electron chi connectivity index (χ4n) is 1.95. The molecule has 0 aliphatic heterocycles. The molecule has 0 radical (unpaired) electrons. The van der Waals surface area contributed by atoms with Crippen molar-refractivity contribution in [1.82, 2.24) is 4.98 Å². The lowest BCUT2D eigenvalue weighted by molar-refractivity contribution is -0.870. The number of hydrogen-bond acceptors (Lipinski definition) is 1. The van der Waals surface area contributed by atoms with Crippen molar-refractivity contribution >= 4 is 10.9 Å². The Morgan fingerprint density at radius 3 is 2.65 bits per heavy atom. The number of nitrogens with one attached hydrogen (secondary N) is 1. The average Bonchev–Trinajstić information content (AvgIpc) is 2.67. The van der Waals surface area contributed by atoms with E-state index in [1.165, 1.54) is 16.5 Å². The number of quaternary nitrogens is 1. The Balaban J connectivity index is 2.28. The molecule has 17 heavy (non-hydrogen) atoms. The monoisotopic (exact) mass is 233 g/mol. The summed E-state index contributed by atoms with van der Waals surface area (Å²) in [5, 5.41) is 1.28. The van der Waals surface area contributed by atoms with Crippen LogP contribution in [-0.4, -0.2) is 44.3 Å². The van der Waals surface area contributed by atoms with Crippen LogP contribution in [0.2, 0.25) is 0 Å². The zero-order valence-corrected chi connectivity index (χ0v) is 11.1. The van der Waals surface area contributed by atoms with Gasteiger partial charge in [0, 0.05) is 23.5 Å². The first-order chi connectivity index (χ1) is 7.99. The molecule has 1 N–H and O–H groups in total. The van der Waals surface area contributed by atoms with Gasteiger partial charge in [-0.25, -0.2) is 0 Å². The summed E-state index contributed by atoms with van der Waals surface area (Å²) in [5.41, 5.74) is 2.55. The summed E-state index contributed by atoms with van der Waals surface area (Å²) in [6.45, 7) is 1.13. The maximum atomic E-state index is 5.27. The second-order valence-electron chi connectivity index (χ2n) is 5.49. The van der Waals surface area contributed by atoms with E-state index in [1.807, 2.05) is 6.07 Å². The van der Waals surface area contributed by atoms with Gasteiger partial charge in [0.25, 0.3) is 0 Å². The van der Waals surface area contributed by atoms with Crippen LogP contribution in [0.1, 0.15) is 5.56 Å². The molecular formula is C14H21N2O+. The third kappa shape index (κ3) is 2.80. The van der Waals surface area contributed by atoms with Gasteiger partial charge < -0.3 is 14.2 Å². The van der Waals surface area contributed by atoms with Crippen LogP contribution < -0.4 is 4.74 Å². The highest BCUT2D eigenvalue weighted by molar-refractivity contribution is 5.84. The van der Waals surface area contributed by atoms with Gasteiger partial charge in [-0.1, -0.05) is 0 Å². The zero-order valence-electron chi connectivity index (χ0n) is 11.1. The molecule has 0 aliphatic rings. The van der Waals surface area contributed by atoms with Gasteiger partial charge in [-0.05, 0) is 23.8 Å². The summed E-state index contributed by atoms with van der Waals surface area (Å²) in [7, 11) is 8.36. The van der Waals surface area contributed by atoms with Crippen molar-refractivity contribution in [2.24, 2.45) is 0 Å². The lowest BCUT2D eigenvalue weighted by atomic mass is 10.1. The van der Waals surface area contributed by atoms with Crippen LogP contribution in [0, 0.1) is 0 Å². The van der Waals surface area contributed by atoms with Gasteiger partial charge in [-0.15, -0.1) is 0 Å². The summed E-state index contributed by atoms with van der Waals surface area (Å²) >= 11 is 0. The number of methoxy groups -OCH3 is 1. The van der Waals surface area contributed by atoms with Gasteiger partial charge in [-0.3, -0.25) is 0 Å². The normalized spacial score (nSPS) is 12.0. The van der Waals surface area contributed by atoms with E-state index in [1.54, 1.807) is 7.11 Å². The van der Waals surface area contributed by atoms with Gasteiger partial charge >= 0.3 is 0 Å². The molecule has 0 unspecified atom stereocenters. The van der Waals surface area contributed by atoms with E-state index < -0.39 is 0 Å². The third-order valence-corrected chi connectivity index (χ3v) is 3.03. The molecule has 0 aliphatic carbocycles. The number of ether oxygens (including phenoxy) is 1. The molecular weight excluding hydrogens is 212 g/mol. The predicted octanol–water partition coefficient (Wildman–Crippen LogP) is 2.43. The van der Waals surface area contributed by atoms with Crippen molar-refractivity contribution in [3.63, 3.8) is 0 Å². The number of benzene rings is 1. The van der Waals surface area contributed by atoms with Crippen molar-refractivity contribution in [2.45, 2.75) is 6.42 Å². The first-order valence-electron chi connectivity index (χ1n) is 5.94. The Bertz CT molecular complexity index is 508. The molecule has 1 aromatic carbocycles. The third-order valence-electron chi connectivity index (χ3n) is 3.03. The van der Waals surface area contributed by atoms with Gasteiger partial charge in [0.05, 0.1) is 34.8 Å². The molecule has 92 valence electrons. The van der Waals surface area contributed by atoms with E-state index in [9.17, 15) is 0 Å². The fourth-order valence-corrected chi connectivity index (χ4v) is 1.95. The number of H-pyrrole nitrogens is 1. The lowest BCUT2D eigenvalue weighted by Crippen LogP contribution is -2.36. The number of rotatable bonds is 4. The molecule has 3 nitrogen and oxygen atoms in total. The van der Waals surface area contributed by atoms with E-state index in [0.717, 1.165) is 23.2 Å². The Hall–Kier alpha value is -1.48. The highest BCUT2D eigenvalue weighted by Gasteiger charge is 2.10. The van der Waals surface area contributed by atoms with Gasteiger partial charge in [0.2, 0.25) is 0 Å². The molecule has 2 rings (SSSR count). The molecule has 2 aromatic rings. The molecule has 0 saturated carbocycles. The van der Waals surface area contributed by atoms with Gasteiger partial charge in [0.1, 0.15) is 5.75 Å². The first-order valence-corrected chi connectivity index (χ1v) is 5.94. The quantitative estimate of drug-likeness (QED) is 0.806. The van der Waals surface area contributed by atoms with Crippen LogP contribution in [0.15, 0.2) is 24.4 Å². The minimum absolute atomic E-state index is 0.920. The minimum atomic E-state index is 0.920. The van der Waals surface area contributed by atoms with Crippen molar-refractivity contribution < 1.29 is 9.22 Å². The van der Waals surface area contributed by atoms with Gasteiger partial charge in [-0.2, -0.15) is 0 Å². The van der Waals surface area contributed by atoms with Crippen LogP contribution in [0.5, 0.6) is 5.75 Å². The number of fused-ring (bicyclic) bond motifs is 1. The number of aromatic nitrogens is 1. The van der Waals surface area contributed by atoms with Gasteiger partial charge in [0.15, 0.2) is 0 Å². The molecule has 1 heterocycles. The first kappa shape index (κ1) is 12.0. The molecule has 0 fully saturated rings. The Morgan fingerprint density at radius 1 is 1.24 bits per heavy atom. The molecule has 0 spiro atoms. The van der Waals surface area contributed by atoms with Crippen LogP contribution in [0.4, 0.5) is 0 Å². The highest BCUT2D eigenvalue weighted by Crippen LogP contribution is 2.24. The maximum Gasteiger partial charge on any atom is 0.119 e. The van der Waals surface area contributed by atoms with Crippen molar-refractivity contribution in [3.8, 4) is 5.75 Å². The predicted molar refractivity (Wildman–Crippen MR) is 71.5 cm³/mol. The number of aromatic amines is 1. The molecule has 0 bridgehead atoms. The Kier molecular flexibility index (Phi) is 3.11. The van der Waals surface area contributed by atoms with Crippen LogP contribution in [0.25, 0.3) is 10.9 Å². The fraction of sp³-hybridized carbons (Fsp3) is 0.429. The molecule has 1 aromatic heterocycles. The van der Waals surface area contributed by atoms with Crippen LogP contribution in [-0.2, 0) is 6.42 Å². The lowest BCUT2D eigenvalue weighted by Gasteiger charge is -2.23. The van der Waals surface area contributed by atoms with E-state index >= 15 is 0 Å². The standard InChI is InChI=1S/C14H21N2O/c1-16(2,3)8-7-11-10-15-14-6-5-12(17-4)9-13(11)14/h5-6,9-10,15H,7-8H2,1-4H3/q+1. The van der Waals surface area contributed by atoms with Crippen LogP contribution in [0.3, 0.4) is 0 Å². The molecule has 0 amide bonds. The minimum Gasteiger partial charge on any atom is -0.497 e. The maximum absolute atomic E-state index is 5.27. The smallest absolute Gasteiger partial charge is 0.119 e. The second kappa shape index (κ2) is 4.41. The summed E-state index contributed by atoms with van der Waals surface area (Å²) < 4.78 is 6.26. The second-order valence-corrected chi connectivity index (χ2v) is 5.49. The molecule has 3 heteroatoms. The molecule has 0 atom stereocenters. The Labute approximate surface area is 103 Å². The zero-order chi connectivity index (χ0) is 12.5. The highest BCUT2D eigenvalue weighted by atomic mass is 16.5. The van der Waals surface area contributed by atoms with Crippen molar-refractivity contribution in [3.05, 3.63) is 30.0 Å². The van der Waals surface area contributed by atoms with E-state index in [-0.39, 0.29) is 0 Å². The van der Waals surface area contributed by atoms with Crippen LogP contribution >= 0.6 is 0 Å². The SMILES string of the molecule is COc1ccc2[nH]cc(CC[N+](C)(C)C)c2c1. The largest absolute Gasteiger partial charge is 0.497 e. The Morgan fingerprint density at radius 2 is 2.00 bits per heavy atom. The van der Waals surface area contributed by atoms with Crippen molar-refractivity contribution in [2.75, 3.05) is 34.8 Å². The van der Waals surface area contributed by atoms with Crippen molar-refractivity contribution in [1.29, 1.82) is 0 Å². The number of nitrogens with zero attached hydrogens (tertiary/aromatic N) is 1. The average molecular weight is 233 g/mol. The summed E-state index contributed by atoms with van der Waals surface area (Å²) in [4.78, 5) is 3.31. The summed E-state index contributed by atoms with van der Waals surface area (Å²) in [6.07, 6.45) is 3.19. The summed E-state index contributed by atoms with van der Waals surface area (Å²) in [5.74, 6) is 0.920. The number of likely N-dealkylation sites (N-methyl/N-ethyl adjacent to an activating group) is 1. The number of hydrogen-bond donors (Lipinski definition) is 1. The topological polar surface area (TPSA) is 25.0 Å². The summed E-state index contributed by atoms with van der Waals surface area (Å²) in [6, 6.07) is 6.17. The van der Waals surface area contributed by atoms with E-state index in [2.05, 4.69) is 44.5 Å². The molecule has 0 saturated heterocycles. The van der Waals surface area contributed by atoms with E-state index in [4.69, 9.17) is 4.74 Å².